The molecule has 0 spiro atoms. The fourth-order valence-corrected chi connectivity index (χ4v) is 6.88. The van der Waals surface area contributed by atoms with Crippen molar-refractivity contribution < 1.29 is 4.42 Å². The average molecular weight is 614 g/mol. The summed E-state index contributed by atoms with van der Waals surface area (Å²) in [5.41, 5.74) is 12.2. The van der Waals surface area contributed by atoms with Gasteiger partial charge in [0.1, 0.15) is 11.2 Å². The van der Waals surface area contributed by atoms with Gasteiger partial charge in [0.05, 0.1) is 0 Å². The van der Waals surface area contributed by atoms with Crippen LogP contribution < -0.4 is 4.90 Å². The molecule has 0 saturated carbocycles. The van der Waals surface area contributed by atoms with Crippen LogP contribution >= 0.6 is 0 Å². The second kappa shape index (κ2) is 11.8. The summed E-state index contributed by atoms with van der Waals surface area (Å²) in [6.07, 6.45) is 0. The van der Waals surface area contributed by atoms with Crippen LogP contribution in [-0.4, -0.2) is 0 Å². The van der Waals surface area contributed by atoms with Crippen molar-refractivity contribution >= 4 is 49.8 Å². The van der Waals surface area contributed by atoms with Gasteiger partial charge in [-0.3, -0.25) is 0 Å². The highest BCUT2D eigenvalue weighted by Gasteiger charge is 2.16. The minimum absolute atomic E-state index is 0.876. The maximum absolute atomic E-state index is 6.32. The van der Waals surface area contributed by atoms with Gasteiger partial charge in [0.25, 0.3) is 0 Å². The Morgan fingerprint density at radius 2 is 0.854 bits per heavy atom. The molecule has 9 rings (SSSR count). The first kappa shape index (κ1) is 27.9. The highest BCUT2D eigenvalue weighted by molar-refractivity contribution is 6.06. The van der Waals surface area contributed by atoms with E-state index >= 15 is 0 Å². The average Bonchev–Trinajstić information content (AvgIpc) is 3.54. The molecular formula is C46H31NO. The Kier molecular flexibility index (Phi) is 6.84. The molecule has 1 heterocycles. The molecule has 0 amide bonds. The number of hydrogen-bond donors (Lipinski definition) is 0. The molecular weight excluding hydrogens is 583 g/mol. The lowest BCUT2D eigenvalue weighted by atomic mass is 9.95. The molecule has 48 heavy (non-hydrogen) atoms. The van der Waals surface area contributed by atoms with E-state index in [1.165, 1.54) is 44.2 Å². The first-order chi connectivity index (χ1) is 23.8. The predicted octanol–water partition coefficient (Wildman–Crippen LogP) is 13.2. The number of hydrogen-bond acceptors (Lipinski definition) is 2. The lowest BCUT2D eigenvalue weighted by Crippen LogP contribution is -2.09. The van der Waals surface area contributed by atoms with Gasteiger partial charge in [-0.15, -0.1) is 0 Å². The Morgan fingerprint density at radius 3 is 1.65 bits per heavy atom. The quantitative estimate of drug-likeness (QED) is 0.185. The van der Waals surface area contributed by atoms with Gasteiger partial charge in [-0.05, 0) is 92.7 Å². The highest BCUT2D eigenvalue weighted by Crippen LogP contribution is 2.40. The Balaban J connectivity index is 1.11. The van der Waals surface area contributed by atoms with E-state index in [1.54, 1.807) is 0 Å². The fraction of sp³-hybridized carbons (Fsp3) is 0. The topological polar surface area (TPSA) is 16.4 Å². The third-order valence-electron chi connectivity index (χ3n) is 9.28. The predicted molar refractivity (Wildman–Crippen MR) is 202 cm³/mol. The van der Waals surface area contributed by atoms with Crippen molar-refractivity contribution in [1.29, 1.82) is 0 Å². The van der Waals surface area contributed by atoms with Crippen LogP contribution in [0.3, 0.4) is 0 Å². The number of para-hydroxylation sites is 1. The number of furan rings is 1. The fourth-order valence-electron chi connectivity index (χ4n) is 6.88. The summed E-state index contributed by atoms with van der Waals surface area (Å²) in [5, 5.41) is 4.77. The minimum Gasteiger partial charge on any atom is -0.456 e. The van der Waals surface area contributed by atoms with Crippen LogP contribution in [0, 0.1) is 0 Å². The van der Waals surface area contributed by atoms with Gasteiger partial charge in [-0.25, -0.2) is 0 Å². The lowest BCUT2D eigenvalue weighted by Gasteiger charge is -2.26. The molecule has 0 aliphatic heterocycles. The van der Waals surface area contributed by atoms with Crippen LogP contribution in [0.4, 0.5) is 17.1 Å². The first-order valence-corrected chi connectivity index (χ1v) is 16.3. The van der Waals surface area contributed by atoms with Crippen LogP contribution in [0.25, 0.3) is 66.1 Å². The normalized spacial score (nSPS) is 11.3. The zero-order valence-electron chi connectivity index (χ0n) is 26.3. The summed E-state index contributed by atoms with van der Waals surface area (Å²) in [6.45, 7) is 0. The molecule has 0 saturated heterocycles. The summed E-state index contributed by atoms with van der Waals surface area (Å²) in [5.74, 6) is 0. The van der Waals surface area contributed by atoms with Crippen LogP contribution in [0.2, 0.25) is 0 Å². The summed E-state index contributed by atoms with van der Waals surface area (Å²) in [6, 6.07) is 66.9. The second-order valence-corrected chi connectivity index (χ2v) is 12.2. The number of anilines is 3. The zero-order valence-corrected chi connectivity index (χ0v) is 26.3. The number of fused-ring (bicyclic) bond motifs is 4. The molecule has 0 atom stereocenters. The summed E-state index contributed by atoms with van der Waals surface area (Å²) in [7, 11) is 0. The maximum atomic E-state index is 6.32. The van der Waals surface area contributed by atoms with Crippen LogP contribution in [0.1, 0.15) is 0 Å². The molecule has 0 radical (unpaired) electrons. The Morgan fingerprint density at radius 1 is 0.312 bits per heavy atom. The van der Waals surface area contributed by atoms with E-state index in [2.05, 4.69) is 181 Å². The minimum atomic E-state index is 0.876. The molecule has 0 bridgehead atoms. The van der Waals surface area contributed by atoms with Gasteiger partial charge in [-0.1, -0.05) is 133 Å². The number of nitrogens with zero attached hydrogens (tertiary/aromatic N) is 1. The monoisotopic (exact) mass is 613 g/mol. The summed E-state index contributed by atoms with van der Waals surface area (Å²) < 4.78 is 6.32. The molecule has 0 unspecified atom stereocenters. The van der Waals surface area contributed by atoms with Gasteiger partial charge in [0.2, 0.25) is 0 Å². The number of benzene rings is 8. The lowest BCUT2D eigenvalue weighted by molar-refractivity contribution is 0.669. The van der Waals surface area contributed by atoms with E-state index < -0.39 is 0 Å². The van der Waals surface area contributed by atoms with E-state index in [0.717, 1.165) is 39.0 Å². The van der Waals surface area contributed by atoms with Gasteiger partial charge < -0.3 is 9.32 Å². The first-order valence-electron chi connectivity index (χ1n) is 16.3. The van der Waals surface area contributed by atoms with Gasteiger partial charge >= 0.3 is 0 Å². The number of rotatable bonds is 6. The molecule has 2 heteroatoms. The SMILES string of the molecule is c1ccc(-c2ccc(N(c3ccc(-c4cccc(-c5cccc6ccccc56)c4)cc3)c3ccc4c(c3)oc3ccccc34)cc2)cc1. The Labute approximate surface area is 279 Å². The third kappa shape index (κ3) is 5.01. The molecule has 8 aromatic carbocycles. The van der Waals surface area contributed by atoms with Crippen LogP contribution in [-0.2, 0) is 0 Å². The molecule has 9 aromatic rings. The Bertz CT molecular complexity index is 2540. The van der Waals surface area contributed by atoms with Crippen LogP contribution in [0.15, 0.2) is 192 Å². The van der Waals surface area contributed by atoms with Crippen molar-refractivity contribution in [1.82, 2.24) is 0 Å². The van der Waals surface area contributed by atoms with Gasteiger partial charge in [-0.2, -0.15) is 0 Å². The van der Waals surface area contributed by atoms with Gasteiger partial charge in [0.15, 0.2) is 0 Å². The van der Waals surface area contributed by atoms with Crippen molar-refractivity contribution in [3.63, 3.8) is 0 Å². The van der Waals surface area contributed by atoms with Crippen molar-refractivity contribution in [3.05, 3.63) is 188 Å². The summed E-state index contributed by atoms with van der Waals surface area (Å²) in [4.78, 5) is 2.30. The summed E-state index contributed by atoms with van der Waals surface area (Å²) >= 11 is 0. The maximum Gasteiger partial charge on any atom is 0.137 e. The second-order valence-electron chi connectivity index (χ2n) is 12.2. The standard InChI is InChI=1S/C46H31NO/c1-2-10-32(11-3-1)33-20-24-38(25-21-33)47(40-28-29-44-43-17-6-7-19-45(43)48-46(44)31-40)39-26-22-34(23-27-39)36-14-8-15-37(30-36)42-18-9-13-35-12-4-5-16-41(35)42/h1-31H. The third-order valence-corrected chi connectivity index (χ3v) is 9.28. The van der Waals surface area contributed by atoms with Crippen LogP contribution in [0.5, 0.6) is 0 Å². The largest absolute Gasteiger partial charge is 0.456 e. The molecule has 2 nitrogen and oxygen atoms in total. The van der Waals surface area contributed by atoms with Gasteiger partial charge in [0, 0.05) is 33.9 Å². The van der Waals surface area contributed by atoms with Crippen molar-refractivity contribution in [2.75, 3.05) is 4.90 Å². The van der Waals surface area contributed by atoms with E-state index in [-0.39, 0.29) is 0 Å². The van der Waals surface area contributed by atoms with Crippen molar-refractivity contribution in [3.8, 4) is 33.4 Å². The molecule has 0 aliphatic carbocycles. The molecule has 1 aromatic heterocycles. The molecule has 226 valence electrons. The van der Waals surface area contributed by atoms with Crippen molar-refractivity contribution in [2.24, 2.45) is 0 Å². The Hall–Kier alpha value is -6.38. The molecule has 0 fully saturated rings. The smallest absolute Gasteiger partial charge is 0.137 e. The van der Waals surface area contributed by atoms with E-state index in [0.29, 0.717) is 0 Å². The van der Waals surface area contributed by atoms with Crippen molar-refractivity contribution in [2.45, 2.75) is 0 Å². The van der Waals surface area contributed by atoms with E-state index in [1.807, 2.05) is 12.1 Å². The zero-order chi connectivity index (χ0) is 31.9. The molecule has 0 N–H and O–H groups in total. The molecule has 0 aliphatic rings. The highest BCUT2D eigenvalue weighted by atomic mass is 16.3. The van der Waals surface area contributed by atoms with E-state index in [9.17, 15) is 0 Å². The van der Waals surface area contributed by atoms with E-state index in [4.69, 9.17) is 4.42 Å².